The van der Waals surface area contributed by atoms with E-state index < -0.39 is 24.1 Å². The van der Waals surface area contributed by atoms with Gasteiger partial charge in [0.05, 0.1) is 12.5 Å². The van der Waals surface area contributed by atoms with E-state index in [9.17, 15) is 28.2 Å². The second kappa shape index (κ2) is 7.50. The van der Waals surface area contributed by atoms with Gasteiger partial charge in [-0.15, -0.1) is 0 Å². The van der Waals surface area contributed by atoms with Gasteiger partial charge in [0, 0.05) is 6.54 Å². The van der Waals surface area contributed by atoms with Crippen LogP contribution in [0.5, 0.6) is 0 Å². The number of fused-ring (bicyclic) bond motifs is 1. The predicted molar refractivity (Wildman–Crippen MR) is 92.2 cm³/mol. The predicted octanol–water partition coefficient (Wildman–Crippen LogP) is 3.33. The minimum Gasteiger partial charge on any atom is -0.393 e. The molecule has 0 heterocycles. The Morgan fingerprint density at radius 2 is 2.08 bits per heavy atom. The Balaban J connectivity index is 1.98. The van der Waals surface area contributed by atoms with E-state index in [0.717, 1.165) is 32.1 Å². The monoisotopic (exact) mass is 377 g/mol. The number of carbonyl (C=O) groups is 1. The van der Waals surface area contributed by atoms with E-state index in [1.165, 1.54) is 5.57 Å². The van der Waals surface area contributed by atoms with E-state index in [1.54, 1.807) is 0 Å². The molecule has 2 aliphatic rings. The summed E-state index contributed by atoms with van der Waals surface area (Å²) in [5, 5.41) is 22.3. The fourth-order valence-corrected chi connectivity index (χ4v) is 4.63. The first-order valence-corrected chi connectivity index (χ1v) is 9.33. The van der Waals surface area contributed by atoms with Crippen molar-refractivity contribution < 1.29 is 28.2 Å². The number of halogens is 3. The maximum atomic E-state index is 12.7. The first kappa shape index (κ1) is 21.2. The number of aliphatic hydroxyl groups excluding tert-OH is 1. The number of hydrogen-bond acceptors (Lipinski definition) is 3. The maximum Gasteiger partial charge on any atom is 0.417 e. The molecule has 7 heteroatoms. The van der Waals surface area contributed by atoms with Crippen molar-refractivity contribution in [2.75, 3.05) is 6.54 Å². The summed E-state index contributed by atoms with van der Waals surface area (Å²) in [4.78, 5) is 11.9. The normalized spacial score (nSPS) is 32.8. The Morgan fingerprint density at radius 3 is 2.69 bits per heavy atom. The van der Waals surface area contributed by atoms with Crippen LogP contribution in [0.25, 0.3) is 0 Å². The Morgan fingerprint density at radius 1 is 1.42 bits per heavy atom. The number of alkyl halides is 3. The van der Waals surface area contributed by atoms with Crippen LogP contribution in [0.3, 0.4) is 0 Å². The molecule has 3 unspecified atom stereocenters. The van der Waals surface area contributed by atoms with E-state index in [0.29, 0.717) is 6.92 Å². The number of allylic oxidation sites excluding steroid dienone is 1. The third kappa shape index (κ3) is 4.25. The number of rotatable bonds is 5. The SMILES string of the molecule is C[C@H](CNC(=O)CC(C)(O)C(F)(F)F)C1=CCCC2C(O)CCC[C@]12C. The quantitative estimate of drug-likeness (QED) is 0.644. The smallest absolute Gasteiger partial charge is 0.393 e. The molecule has 150 valence electrons. The van der Waals surface area contributed by atoms with Crippen molar-refractivity contribution >= 4 is 5.91 Å². The Hall–Kier alpha value is -1.08. The standard InChI is InChI=1S/C19H30F3NO3/c1-12(11-23-16(25)10-18(3,26)19(20,21)22)13-6-4-7-14-15(24)8-5-9-17(13,14)2/h6,12,14-15,24,26H,4-5,7-11H2,1-3H3,(H,23,25)/t12-,14?,15?,17-,18?/m1/s1. The third-order valence-corrected chi connectivity index (χ3v) is 6.23. The van der Waals surface area contributed by atoms with Crippen LogP contribution in [0.15, 0.2) is 11.6 Å². The second-order valence-electron chi connectivity index (χ2n) is 8.37. The van der Waals surface area contributed by atoms with Crippen LogP contribution in [0.1, 0.15) is 59.3 Å². The molecule has 0 aromatic rings. The van der Waals surface area contributed by atoms with Gasteiger partial charge in [-0.1, -0.05) is 25.5 Å². The average Bonchev–Trinajstić information content (AvgIpc) is 2.50. The lowest BCUT2D eigenvalue weighted by molar-refractivity contribution is -0.253. The van der Waals surface area contributed by atoms with E-state index >= 15 is 0 Å². The lowest BCUT2D eigenvalue weighted by Crippen LogP contribution is -2.47. The zero-order valence-corrected chi connectivity index (χ0v) is 15.7. The number of hydrogen-bond donors (Lipinski definition) is 3. The fraction of sp³-hybridized carbons (Fsp3) is 0.842. The highest BCUT2D eigenvalue weighted by molar-refractivity contribution is 5.77. The first-order chi connectivity index (χ1) is 11.9. The van der Waals surface area contributed by atoms with Gasteiger partial charge in [-0.05, 0) is 56.3 Å². The summed E-state index contributed by atoms with van der Waals surface area (Å²) < 4.78 is 38.1. The molecule has 0 aromatic carbocycles. The Labute approximate surface area is 152 Å². The maximum absolute atomic E-state index is 12.7. The summed E-state index contributed by atoms with van der Waals surface area (Å²) in [7, 11) is 0. The zero-order valence-electron chi connectivity index (χ0n) is 15.7. The van der Waals surface area contributed by atoms with E-state index in [4.69, 9.17) is 0 Å². The van der Waals surface area contributed by atoms with Crippen molar-refractivity contribution in [3.63, 3.8) is 0 Å². The summed E-state index contributed by atoms with van der Waals surface area (Å²) in [6.07, 6.45) is 0.522. The molecule has 0 aliphatic heterocycles. The van der Waals surface area contributed by atoms with Crippen LogP contribution in [-0.2, 0) is 4.79 Å². The van der Waals surface area contributed by atoms with E-state index in [1.807, 2.05) is 6.92 Å². The van der Waals surface area contributed by atoms with Gasteiger partial charge in [0.2, 0.25) is 5.91 Å². The van der Waals surface area contributed by atoms with Crippen LogP contribution in [0.4, 0.5) is 13.2 Å². The highest BCUT2D eigenvalue weighted by Gasteiger charge is 2.51. The van der Waals surface area contributed by atoms with Gasteiger partial charge in [0.1, 0.15) is 0 Å². The number of aliphatic hydroxyl groups is 2. The fourth-order valence-electron chi connectivity index (χ4n) is 4.63. The number of amides is 1. The zero-order chi connectivity index (χ0) is 19.8. The largest absolute Gasteiger partial charge is 0.417 e. The summed E-state index contributed by atoms with van der Waals surface area (Å²) in [6.45, 7) is 4.92. The molecule has 0 saturated heterocycles. The lowest BCUT2D eigenvalue weighted by atomic mass is 9.56. The highest BCUT2D eigenvalue weighted by Crippen LogP contribution is 2.53. The van der Waals surface area contributed by atoms with Crippen LogP contribution >= 0.6 is 0 Å². The van der Waals surface area contributed by atoms with Crippen molar-refractivity contribution in [1.82, 2.24) is 5.32 Å². The first-order valence-electron chi connectivity index (χ1n) is 9.33. The van der Waals surface area contributed by atoms with Crippen molar-refractivity contribution in [1.29, 1.82) is 0 Å². The second-order valence-corrected chi connectivity index (χ2v) is 8.37. The van der Waals surface area contributed by atoms with Gasteiger partial charge in [-0.3, -0.25) is 4.79 Å². The summed E-state index contributed by atoms with van der Waals surface area (Å²) in [5.74, 6) is -0.658. The van der Waals surface area contributed by atoms with Gasteiger partial charge < -0.3 is 15.5 Å². The molecule has 0 bridgehead atoms. The molecule has 0 spiro atoms. The minimum absolute atomic E-state index is 0.0344. The van der Waals surface area contributed by atoms with Crippen molar-refractivity contribution in [2.24, 2.45) is 17.3 Å². The van der Waals surface area contributed by atoms with Gasteiger partial charge in [-0.25, -0.2) is 0 Å². The van der Waals surface area contributed by atoms with Crippen molar-refractivity contribution in [2.45, 2.75) is 77.2 Å². The molecule has 2 rings (SSSR count). The average molecular weight is 377 g/mol. The Bertz CT molecular complexity index is 559. The topological polar surface area (TPSA) is 69.6 Å². The molecule has 2 aliphatic carbocycles. The lowest BCUT2D eigenvalue weighted by Gasteiger charge is -2.50. The molecule has 5 atom stereocenters. The van der Waals surface area contributed by atoms with Gasteiger partial charge >= 0.3 is 6.18 Å². The Kier molecular flexibility index (Phi) is 6.13. The molecular weight excluding hydrogens is 347 g/mol. The molecule has 0 radical (unpaired) electrons. The van der Waals surface area contributed by atoms with Gasteiger partial charge in [0.25, 0.3) is 0 Å². The summed E-state index contributed by atoms with van der Waals surface area (Å²) >= 11 is 0. The minimum atomic E-state index is -4.85. The molecule has 1 amide bonds. The van der Waals surface area contributed by atoms with E-state index in [-0.39, 0.29) is 29.9 Å². The van der Waals surface area contributed by atoms with Gasteiger partial charge in [-0.2, -0.15) is 13.2 Å². The molecule has 1 fully saturated rings. The van der Waals surface area contributed by atoms with Gasteiger partial charge in [0.15, 0.2) is 5.60 Å². The third-order valence-electron chi connectivity index (χ3n) is 6.23. The summed E-state index contributed by atoms with van der Waals surface area (Å²) in [5.41, 5.74) is -1.98. The van der Waals surface area contributed by atoms with Crippen molar-refractivity contribution in [3.8, 4) is 0 Å². The van der Waals surface area contributed by atoms with Crippen LogP contribution in [0, 0.1) is 17.3 Å². The van der Waals surface area contributed by atoms with Crippen molar-refractivity contribution in [3.05, 3.63) is 11.6 Å². The summed E-state index contributed by atoms with van der Waals surface area (Å²) in [6, 6.07) is 0. The van der Waals surface area contributed by atoms with E-state index in [2.05, 4.69) is 18.3 Å². The molecular formula is C19H30F3NO3. The number of nitrogens with one attached hydrogen (secondary N) is 1. The highest BCUT2D eigenvalue weighted by atomic mass is 19.4. The van der Waals surface area contributed by atoms with Crippen LogP contribution < -0.4 is 5.32 Å². The van der Waals surface area contributed by atoms with Crippen LogP contribution in [0.2, 0.25) is 0 Å². The molecule has 0 aromatic heterocycles. The number of carbonyl (C=O) groups excluding carboxylic acids is 1. The molecule has 3 N–H and O–H groups in total. The molecule has 4 nitrogen and oxygen atoms in total. The van der Waals surface area contributed by atoms with Crippen LogP contribution in [-0.4, -0.2) is 40.5 Å². The molecule has 26 heavy (non-hydrogen) atoms. The molecule has 1 saturated carbocycles.